The molecule has 2 aromatic rings. The number of hydrogen-bond acceptors (Lipinski definition) is 3. The summed E-state index contributed by atoms with van der Waals surface area (Å²) in [4.78, 5) is 25.2. The van der Waals surface area contributed by atoms with E-state index in [-0.39, 0.29) is 29.7 Å². The number of hydrogen-bond donors (Lipinski definition) is 2. The van der Waals surface area contributed by atoms with Gasteiger partial charge in [-0.05, 0) is 48.4 Å². The van der Waals surface area contributed by atoms with Crippen LogP contribution in [0.2, 0.25) is 0 Å². The van der Waals surface area contributed by atoms with Crippen LogP contribution in [0.3, 0.4) is 0 Å². The van der Waals surface area contributed by atoms with Gasteiger partial charge < -0.3 is 15.4 Å². The molecule has 0 heterocycles. The molecule has 2 rings (SSSR count). The molecule has 0 saturated heterocycles. The zero-order chi connectivity index (χ0) is 24.2. The minimum atomic E-state index is -0.326. The van der Waals surface area contributed by atoms with Crippen molar-refractivity contribution >= 4 is 11.8 Å². The Morgan fingerprint density at radius 2 is 1.58 bits per heavy atom. The largest absolute Gasteiger partial charge is 0.493 e. The maximum Gasteiger partial charge on any atom is 0.227 e. The van der Waals surface area contributed by atoms with Crippen LogP contribution < -0.4 is 15.4 Å². The van der Waals surface area contributed by atoms with Crippen molar-refractivity contribution < 1.29 is 14.3 Å². The fraction of sp³-hybridized carbons (Fsp3) is 0.500. The van der Waals surface area contributed by atoms with Crippen molar-refractivity contribution in [2.45, 2.75) is 65.8 Å². The molecule has 0 spiro atoms. The highest BCUT2D eigenvalue weighted by molar-refractivity contribution is 5.83. The predicted octanol–water partition coefficient (Wildman–Crippen LogP) is 5.62. The first kappa shape index (κ1) is 26.4. The van der Waals surface area contributed by atoms with E-state index < -0.39 is 0 Å². The first-order valence-electron chi connectivity index (χ1n) is 12.1. The van der Waals surface area contributed by atoms with Gasteiger partial charge in [0, 0.05) is 13.0 Å². The van der Waals surface area contributed by atoms with Gasteiger partial charge in [0.25, 0.3) is 0 Å². The zero-order valence-corrected chi connectivity index (χ0v) is 20.8. The number of benzene rings is 2. The summed E-state index contributed by atoms with van der Waals surface area (Å²) in [6.45, 7) is 11.3. The maximum atomic E-state index is 13.0. The molecule has 2 amide bonds. The van der Waals surface area contributed by atoms with E-state index in [1.54, 1.807) is 0 Å². The van der Waals surface area contributed by atoms with Crippen LogP contribution in [0.4, 0.5) is 0 Å². The topological polar surface area (TPSA) is 67.4 Å². The highest BCUT2D eigenvalue weighted by Crippen LogP contribution is 2.21. The minimum absolute atomic E-state index is 0.00905. The number of carbonyl (C=O) groups excluding carboxylic acids is 2. The quantitative estimate of drug-likeness (QED) is 0.414. The lowest BCUT2D eigenvalue weighted by Gasteiger charge is -2.23. The van der Waals surface area contributed by atoms with E-state index in [0.29, 0.717) is 25.5 Å². The molecule has 180 valence electrons. The van der Waals surface area contributed by atoms with Crippen molar-refractivity contribution in [3.8, 4) is 5.75 Å². The number of carbonyl (C=O) groups is 2. The third-order valence-electron chi connectivity index (χ3n) is 5.70. The molecular weight excluding hydrogens is 412 g/mol. The lowest BCUT2D eigenvalue weighted by Crippen LogP contribution is -2.39. The highest BCUT2D eigenvalue weighted by atomic mass is 16.5. The van der Waals surface area contributed by atoms with Crippen molar-refractivity contribution in [2.24, 2.45) is 11.8 Å². The molecule has 0 aliphatic rings. The number of amides is 2. The second kappa shape index (κ2) is 13.7. The molecule has 2 aromatic carbocycles. The summed E-state index contributed by atoms with van der Waals surface area (Å²) >= 11 is 0. The third-order valence-corrected chi connectivity index (χ3v) is 5.70. The standard InChI is InChI=1S/C28H40N2O3/c1-6-10-21(4)19-33-25-15-13-24(14-16-25)26(18-29-27(31)17-20(2)3)30-28(32)22(5)23-11-8-7-9-12-23/h7-9,11-16,20-22,26H,6,10,17-19H2,1-5H3,(H,29,31)(H,30,32). The number of ether oxygens (including phenoxy) is 1. The van der Waals surface area contributed by atoms with Gasteiger partial charge >= 0.3 is 0 Å². The number of rotatable bonds is 13. The van der Waals surface area contributed by atoms with E-state index in [1.807, 2.05) is 75.4 Å². The molecule has 2 N–H and O–H groups in total. The normalized spacial score (nSPS) is 13.8. The van der Waals surface area contributed by atoms with Crippen LogP contribution in [-0.4, -0.2) is 25.0 Å². The summed E-state index contributed by atoms with van der Waals surface area (Å²) in [5.41, 5.74) is 1.89. The van der Waals surface area contributed by atoms with Gasteiger partial charge in [-0.3, -0.25) is 9.59 Å². The Balaban J connectivity index is 2.09. The molecular formula is C28H40N2O3. The van der Waals surface area contributed by atoms with E-state index in [0.717, 1.165) is 29.7 Å². The molecule has 5 nitrogen and oxygen atoms in total. The van der Waals surface area contributed by atoms with Crippen molar-refractivity contribution in [1.29, 1.82) is 0 Å². The molecule has 0 bridgehead atoms. The summed E-state index contributed by atoms with van der Waals surface area (Å²) in [5, 5.41) is 6.11. The lowest BCUT2D eigenvalue weighted by atomic mass is 9.99. The maximum absolute atomic E-state index is 13.0. The summed E-state index contributed by atoms with van der Waals surface area (Å²) in [7, 11) is 0. The Kier molecular flexibility index (Phi) is 10.9. The van der Waals surface area contributed by atoms with Crippen LogP contribution in [0.15, 0.2) is 54.6 Å². The fourth-order valence-electron chi connectivity index (χ4n) is 3.71. The molecule has 0 saturated carbocycles. The number of nitrogens with one attached hydrogen (secondary N) is 2. The zero-order valence-electron chi connectivity index (χ0n) is 20.8. The molecule has 0 aliphatic heterocycles. The van der Waals surface area contributed by atoms with E-state index in [1.165, 1.54) is 0 Å². The predicted molar refractivity (Wildman–Crippen MR) is 134 cm³/mol. The van der Waals surface area contributed by atoms with E-state index in [2.05, 4.69) is 24.5 Å². The van der Waals surface area contributed by atoms with Crippen molar-refractivity contribution in [3.05, 3.63) is 65.7 Å². The Bertz CT molecular complexity index is 849. The smallest absolute Gasteiger partial charge is 0.227 e. The Morgan fingerprint density at radius 1 is 0.909 bits per heavy atom. The Hall–Kier alpha value is -2.82. The van der Waals surface area contributed by atoms with Crippen molar-refractivity contribution in [3.63, 3.8) is 0 Å². The third kappa shape index (κ3) is 9.29. The van der Waals surface area contributed by atoms with Gasteiger partial charge in [0.15, 0.2) is 0 Å². The molecule has 33 heavy (non-hydrogen) atoms. The average Bonchev–Trinajstić information content (AvgIpc) is 2.80. The SMILES string of the molecule is CCCC(C)COc1ccc(C(CNC(=O)CC(C)C)NC(=O)C(C)c2ccccc2)cc1. The molecule has 0 aromatic heterocycles. The Morgan fingerprint density at radius 3 is 2.18 bits per heavy atom. The highest BCUT2D eigenvalue weighted by Gasteiger charge is 2.21. The lowest BCUT2D eigenvalue weighted by molar-refractivity contribution is -0.124. The molecule has 5 heteroatoms. The average molecular weight is 453 g/mol. The van der Waals surface area contributed by atoms with Crippen LogP contribution in [0.1, 0.15) is 77.0 Å². The van der Waals surface area contributed by atoms with Gasteiger partial charge in [-0.1, -0.05) is 76.6 Å². The van der Waals surface area contributed by atoms with Crippen LogP contribution in [0, 0.1) is 11.8 Å². The second-order valence-electron chi connectivity index (χ2n) is 9.37. The summed E-state index contributed by atoms with van der Waals surface area (Å²) in [5.74, 6) is 1.24. The second-order valence-corrected chi connectivity index (χ2v) is 9.37. The van der Waals surface area contributed by atoms with Crippen molar-refractivity contribution in [2.75, 3.05) is 13.2 Å². The monoisotopic (exact) mass is 452 g/mol. The van der Waals surface area contributed by atoms with Gasteiger partial charge in [0.1, 0.15) is 5.75 Å². The van der Waals surface area contributed by atoms with Gasteiger partial charge in [-0.25, -0.2) is 0 Å². The first-order valence-corrected chi connectivity index (χ1v) is 12.1. The van der Waals surface area contributed by atoms with E-state index >= 15 is 0 Å². The van der Waals surface area contributed by atoms with E-state index in [4.69, 9.17) is 4.74 Å². The molecule has 3 atom stereocenters. The van der Waals surface area contributed by atoms with Gasteiger partial charge in [0.05, 0.1) is 18.6 Å². The summed E-state index contributed by atoms with van der Waals surface area (Å²) in [6, 6.07) is 17.2. The van der Waals surface area contributed by atoms with Crippen LogP contribution in [-0.2, 0) is 9.59 Å². The minimum Gasteiger partial charge on any atom is -0.493 e. The molecule has 3 unspecified atom stereocenters. The van der Waals surface area contributed by atoms with Gasteiger partial charge in [0.2, 0.25) is 11.8 Å². The molecule has 0 radical (unpaired) electrons. The van der Waals surface area contributed by atoms with E-state index in [9.17, 15) is 9.59 Å². The molecule has 0 aliphatic carbocycles. The summed E-state index contributed by atoms with van der Waals surface area (Å²) in [6.07, 6.45) is 2.75. The van der Waals surface area contributed by atoms with Crippen LogP contribution >= 0.6 is 0 Å². The van der Waals surface area contributed by atoms with Gasteiger partial charge in [-0.15, -0.1) is 0 Å². The van der Waals surface area contributed by atoms with Crippen LogP contribution in [0.5, 0.6) is 5.75 Å². The first-order chi connectivity index (χ1) is 15.8. The van der Waals surface area contributed by atoms with Gasteiger partial charge in [-0.2, -0.15) is 0 Å². The Labute approximate surface area is 199 Å². The molecule has 0 fully saturated rings. The van der Waals surface area contributed by atoms with Crippen molar-refractivity contribution in [1.82, 2.24) is 10.6 Å². The summed E-state index contributed by atoms with van der Waals surface area (Å²) < 4.78 is 5.92. The fourth-order valence-corrected chi connectivity index (χ4v) is 3.71. The van der Waals surface area contributed by atoms with Crippen LogP contribution in [0.25, 0.3) is 0 Å².